The molecule has 1 unspecified atom stereocenters. The zero-order chi connectivity index (χ0) is 13.9. The monoisotopic (exact) mass is 272 g/mol. The molecule has 2 nitrogen and oxygen atoms in total. The van der Waals surface area contributed by atoms with Gasteiger partial charge in [-0.2, -0.15) is 13.2 Å². The molecule has 1 aromatic rings. The average Bonchev–Trinajstić information content (AvgIpc) is 3.17. The average molecular weight is 272 g/mol. The molecule has 1 N–H and O–H groups in total. The number of hydrogen-bond acceptors (Lipinski definition) is 2. The van der Waals surface area contributed by atoms with Crippen molar-refractivity contribution in [1.29, 1.82) is 0 Å². The zero-order valence-corrected chi connectivity index (χ0v) is 11.0. The summed E-state index contributed by atoms with van der Waals surface area (Å²) >= 11 is 0. The highest BCUT2D eigenvalue weighted by atomic mass is 19.4. The Morgan fingerprint density at radius 1 is 1.26 bits per heavy atom. The first-order chi connectivity index (χ1) is 8.96. The van der Waals surface area contributed by atoms with Crippen molar-refractivity contribution in [2.45, 2.75) is 38.0 Å². The Balaban J connectivity index is 1.87. The summed E-state index contributed by atoms with van der Waals surface area (Å²) < 4.78 is 37.7. The highest BCUT2D eigenvalue weighted by molar-refractivity contribution is 5.42. The van der Waals surface area contributed by atoms with E-state index in [0.717, 1.165) is 18.5 Å². The van der Waals surface area contributed by atoms with Crippen LogP contribution < -0.4 is 5.32 Å². The van der Waals surface area contributed by atoms with Gasteiger partial charge in [-0.3, -0.25) is 4.90 Å². The van der Waals surface area contributed by atoms with Crippen molar-refractivity contribution in [1.82, 2.24) is 4.90 Å². The molecule has 19 heavy (non-hydrogen) atoms. The first-order valence-electron chi connectivity index (χ1n) is 6.57. The van der Waals surface area contributed by atoms with E-state index in [4.69, 9.17) is 0 Å². The molecule has 0 bridgehead atoms. The number of halogens is 3. The molecule has 0 heterocycles. The van der Waals surface area contributed by atoms with Gasteiger partial charge in [0.1, 0.15) is 0 Å². The second-order valence-electron chi connectivity index (χ2n) is 5.11. The van der Waals surface area contributed by atoms with E-state index in [1.54, 1.807) is 4.90 Å². The molecule has 106 valence electrons. The number of hydrogen-bond donors (Lipinski definition) is 1. The normalized spacial score (nSPS) is 17.5. The van der Waals surface area contributed by atoms with Crippen molar-refractivity contribution in [3.8, 4) is 0 Å². The number of benzene rings is 1. The van der Waals surface area contributed by atoms with Gasteiger partial charge in [0.05, 0.1) is 6.54 Å². The fourth-order valence-corrected chi connectivity index (χ4v) is 2.20. The topological polar surface area (TPSA) is 15.3 Å². The highest BCUT2D eigenvalue weighted by Crippen LogP contribution is 2.31. The third-order valence-electron chi connectivity index (χ3n) is 3.32. The standard InChI is InChI=1S/C14H19F3N2/c1-11(9-18-12-5-3-2-4-6-12)19(13-7-8-13)10-14(15,16)17/h2-6,11,13,18H,7-10H2,1H3. The van der Waals surface area contributed by atoms with Gasteiger partial charge in [0.25, 0.3) is 0 Å². The summed E-state index contributed by atoms with van der Waals surface area (Å²) in [6, 6.07) is 9.52. The van der Waals surface area contributed by atoms with E-state index in [2.05, 4.69) is 5.32 Å². The summed E-state index contributed by atoms with van der Waals surface area (Å²) in [4.78, 5) is 1.57. The Morgan fingerprint density at radius 3 is 2.42 bits per heavy atom. The van der Waals surface area contributed by atoms with Gasteiger partial charge >= 0.3 is 6.18 Å². The van der Waals surface area contributed by atoms with E-state index < -0.39 is 12.7 Å². The van der Waals surface area contributed by atoms with Gasteiger partial charge in [-0.25, -0.2) is 0 Å². The van der Waals surface area contributed by atoms with Crippen LogP contribution in [0.4, 0.5) is 18.9 Å². The van der Waals surface area contributed by atoms with Crippen molar-refractivity contribution < 1.29 is 13.2 Å². The SMILES string of the molecule is CC(CNc1ccccc1)N(CC(F)(F)F)C1CC1. The summed E-state index contributed by atoms with van der Waals surface area (Å²) in [5, 5.41) is 3.18. The van der Waals surface area contributed by atoms with Crippen LogP contribution in [-0.2, 0) is 0 Å². The van der Waals surface area contributed by atoms with Crippen molar-refractivity contribution in [3.05, 3.63) is 30.3 Å². The molecule has 0 spiro atoms. The first-order valence-corrected chi connectivity index (χ1v) is 6.57. The molecule has 0 saturated heterocycles. The maximum Gasteiger partial charge on any atom is 0.401 e. The Hall–Kier alpha value is -1.23. The maximum atomic E-state index is 12.6. The lowest BCUT2D eigenvalue weighted by molar-refractivity contribution is -0.151. The van der Waals surface area contributed by atoms with Crippen molar-refractivity contribution >= 4 is 5.69 Å². The molecular weight excluding hydrogens is 253 g/mol. The Labute approximate surface area is 111 Å². The quantitative estimate of drug-likeness (QED) is 0.852. The highest BCUT2D eigenvalue weighted by Gasteiger charge is 2.39. The predicted molar refractivity (Wildman–Crippen MR) is 70.2 cm³/mol. The van der Waals surface area contributed by atoms with Crippen LogP contribution in [-0.4, -0.2) is 36.2 Å². The molecule has 1 aliphatic rings. The van der Waals surface area contributed by atoms with Crippen LogP contribution in [0.5, 0.6) is 0 Å². The van der Waals surface area contributed by atoms with Gasteiger partial charge < -0.3 is 5.32 Å². The van der Waals surface area contributed by atoms with E-state index in [9.17, 15) is 13.2 Å². The minimum atomic E-state index is -4.12. The zero-order valence-electron chi connectivity index (χ0n) is 11.0. The Morgan fingerprint density at radius 2 is 1.89 bits per heavy atom. The third kappa shape index (κ3) is 4.74. The molecule has 0 aromatic heterocycles. The third-order valence-corrected chi connectivity index (χ3v) is 3.32. The number of alkyl halides is 3. The molecule has 0 aliphatic heterocycles. The lowest BCUT2D eigenvalue weighted by Gasteiger charge is -2.30. The fraction of sp³-hybridized carbons (Fsp3) is 0.571. The van der Waals surface area contributed by atoms with Gasteiger partial charge in [-0.05, 0) is 31.9 Å². The van der Waals surface area contributed by atoms with Crippen LogP contribution >= 0.6 is 0 Å². The first kappa shape index (κ1) is 14.2. The molecule has 2 rings (SSSR count). The predicted octanol–water partition coefficient (Wildman–Crippen LogP) is 3.51. The number of para-hydroxylation sites is 1. The number of rotatable bonds is 6. The molecule has 1 fully saturated rings. The second-order valence-corrected chi connectivity index (χ2v) is 5.11. The molecule has 1 saturated carbocycles. The second kappa shape index (κ2) is 5.82. The van der Waals surface area contributed by atoms with Gasteiger partial charge in [0.15, 0.2) is 0 Å². The van der Waals surface area contributed by atoms with Gasteiger partial charge in [-0.15, -0.1) is 0 Å². The van der Waals surface area contributed by atoms with Crippen molar-refractivity contribution in [2.75, 3.05) is 18.4 Å². The molecule has 1 atom stereocenters. The minimum Gasteiger partial charge on any atom is -0.383 e. The summed E-state index contributed by atoms with van der Waals surface area (Å²) in [6.07, 6.45) is -2.36. The molecular formula is C14H19F3N2. The number of nitrogens with one attached hydrogen (secondary N) is 1. The molecule has 0 radical (unpaired) electrons. The van der Waals surface area contributed by atoms with Crippen molar-refractivity contribution in [2.24, 2.45) is 0 Å². The van der Waals surface area contributed by atoms with Crippen molar-refractivity contribution in [3.63, 3.8) is 0 Å². The van der Waals surface area contributed by atoms with Crippen LogP contribution in [0.1, 0.15) is 19.8 Å². The summed E-state index contributed by atoms with van der Waals surface area (Å²) in [6.45, 7) is 1.56. The van der Waals surface area contributed by atoms with E-state index in [1.165, 1.54) is 0 Å². The fourth-order valence-electron chi connectivity index (χ4n) is 2.20. The molecule has 1 aliphatic carbocycles. The van der Waals surface area contributed by atoms with Gasteiger partial charge in [0.2, 0.25) is 0 Å². The van der Waals surface area contributed by atoms with Crippen LogP contribution in [0.3, 0.4) is 0 Å². The smallest absolute Gasteiger partial charge is 0.383 e. The summed E-state index contributed by atoms with van der Waals surface area (Å²) in [5.74, 6) is 0. The van der Waals surface area contributed by atoms with E-state index >= 15 is 0 Å². The number of anilines is 1. The summed E-state index contributed by atoms with van der Waals surface area (Å²) in [5.41, 5.74) is 0.942. The molecule has 5 heteroatoms. The summed E-state index contributed by atoms with van der Waals surface area (Å²) in [7, 11) is 0. The minimum absolute atomic E-state index is 0.106. The Kier molecular flexibility index (Phi) is 4.34. The molecule has 1 aromatic carbocycles. The van der Waals surface area contributed by atoms with E-state index in [-0.39, 0.29) is 12.1 Å². The van der Waals surface area contributed by atoms with Gasteiger partial charge in [0, 0.05) is 24.3 Å². The van der Waals surface area contributed by atoms with Crippen LogP contribution in [0.2, 0.25) is 0 Å². The van der Waals surface area contributed by atoms with E-state index in [0.29, 0.717) is 6.54 Å². The Bertz CT molecular complexity index is 387. The lowest BCUT2D eigenvalue weighted by atomic mass is 10.2. The largest absolute Gasteiger partial charge is 0.401 e. The van der Waals surface area contributed by atoms with Crippen LogP contribution in [0.15, 0.2) is 30.3 Å². The van der Waals surface area contributed by atoms with Crippen LogP contribution in [0.25, 0.3) is 0 Å². The van der Waals surface area contributed by atoms with Gasteiger partial charge in [-0.1, -0.05) is 18.2 Å². The van der Waals surface area contributed by atoms with Crippen LogP contribution in [0, 0.1) is 0 Å². The lowest BCUT2D eigenvalue weighted by Crippen LogP contribution is -2.44. The molecule has 0 amide bonds. The maximum absolute atomic E-state index is 12.6. The van der Waals surface area contributed by atoms with E-state index in [1.807, 2.05) is 37.3 Å². The number of nitrogens with zero attached hydrogens (tertiary/aromatic N) is 1.